The number of ketones is 2. The molecule has 4 atom stereocenters. The van der Waals surface area contributed by atoms with Crippen molar-refractivity contribution in [2.75, 3.05) is 7.11 Å². The van der Waals surface area contributed by atoms with Crippen molar-refractivity contribution in [3.63, 3.8) is 0 Å². The Labute approximate surface area is 207 Å². The van der Waals surface area contributed by atoms with Crippen molar-refractivity contribution in [3.8, 4) is 5.75 Å². The molecule has 184 valence electrons. The summed E-state index contributed by atoms with van der Waals surface area (Å²) >= 11 is 0. The number of nitrogens with zero attached hydrogens (tertiary/aromatic N) is 1. The number of imide groups is 3. The van der Waals surface area contributed by atoms with Crippen LogP contribution in [0, 0.1) is 17.8 Å². The molecule has 1 saturated heterocycles. The summed E-state index contributed by atoms with van der Waals surface area (Å²) in [6.45, 7) is 5.32. The van der Waals surface area contributed by atoms with Crippen LogP contribution in [0.1, 0.15) is 36.8 Å². The van der Waals surface area contributed by atoms with Crippen LogP contribution >= 0.6 is 0 Å². The SMILES string of the molecule is C=CCc1cccc([C@H]2C3=CC[C@@H]4C(=O)N(C(=O)OC)C(=O)[C@@H]4[C@@H]3CC3=C2C(=O)C(C)=CC3=O)c1O. The lowest BCUT2D eigenvalue weighted by molar-refractivity contribution is -0.137. The van der Waals surface area contributed by atoms with Crippen LogP contribution in [0.3, 0.4) is 0 Å². The molecule has 0 spiro atoms. The summed E-state index contributed by atoms with van der Waals surface area (Å²) in [5, 5.41) is 11.2. The Balaban J connectivity index is 1.70. The average Bonchev–Trinajstić information content (AvgIpc) is 3.12. The standard InChI is InChI=1S/C28H25NO7/c1-4-6-14-7-5-8-16(25(14)32)21-15-9-10-17-22(27(34)29(26(17)33)28(35)36-3)18(15)12-19-20(30)11-13(2)24(31)23(19)21/h4-5,7-9,11,17-18,21-22,32H,1,6,10,12H2,2-3H3/t17-,18+,21+,22-/m0/s1. The van der Waals surface area contributed by atoms with Crippen LogP contribution in [-0.2, 0) is 30.3 Å². The molecular weight excluding hydrogens is 462 g/mol. The molecule has 1 aromatic rings. The van der Waals surface area contributed by atoms with E-state index in [0.29, 0.717) is 39.2 Å². The molecule has 0 bridgehead atoms. The van der Waals surface area contributed by atoms with Crippen LogP contribution in [0.4, 0.5) is 4.79 Å². The van der Waals surface area contributed by atoms with E-state index < -0.39 is 41.6 Å². The second-order valence-electron chi connectivity index (χ2n) is 9.56. The molecule has 0 aromatic heterocycles. The number of fused-ring (bicyclic) bond motifs is 3. The summed E-state index contributed by atoms with van der Waals surface area (Å²) in [7, 11) is 1.10. The summed E-state index contributed by atoms with van der Waals surface area (Å²) in [6.07, 6.45) is 4.43. The molecule has 4 aliphatic rings. The number of amides is 3. The van der Waals surface area contributed by atoms with E-state index in [1.807, 2.05) is 6.08 Å². The molecule has 8 heteroatoms. The van der Waals surface area contributed by atoms with E-state index in [0.717, 1.165) is 7.11 Å². The first-order valence-corrected chi connectivity index (χ1v) is 11.8. The van der Waals surface area contributed by atoms with E-state index in [1.54, 1.807) is 31.2 Å². The molecule has 0 saturated carbocycles. The fourth-order valence-electron chi connectivity index (χ4n) is 6.15. The van der Waals surface area contributed by atoms with Gasteiger partial charge in [0.25, 0.3) is 0 Å². The van der Waals surface area contributed by atoms with Crippen molar-refractivity contribution in [2.45, 2.75) is 32.1 Å². The number of benzene rings is 1. The van der Waals surface area contributed by atoms with Crippen LogP contribution < -0.4 is 0 Å². The third-order valence-electron chi connectivity index (χ3n) is 7.75. The Morgan fingerprint density at radius 1 is 1.19 bits per heavy atom. The van der Waals surface area contributed by atoms with Gasteiger partial charge in [-0.2, -0.15) is 4.90 Å². The van der Waals surface area contributed by atoms with Crippen LogP contribution in [0.5, 0.6) is 5.75 Å². The molecular formula is C28H25NO7. The quantitative estimate of drug-likeness (QED) is 0.395. The molecule has 5 rings (SSSR count). The molecule has 0 radical (unpaired) electrons. The van der Waals surface area contributed by atoms with Gasteiger partial charge in [-0.15, -0.1) is 6.58 Å². The fourth-order valence-corrected chi connectivity index (χ4v) is 6.15. The first-order valence-electron chi connectivity index (χ1n) is 11.8. The number of allylic oxidation sites excluding steroid dienone is 7. The van der Waals surface area contributed by atoms with Gasteiger partial charge in [0.15, 0.2) is 11.6 Å². The van der Waals surface area contributed by atoms with E-state index in [1.165, 1.54) is 6.08 Å². The zero-order chi connectivity index (χ0) is 25.9. The van der Waals surface area contributed by atoms with Gasteiger partial charge in [-0.1, -0.05) is 35.9 Å². The molecule has 8 nitrogen and oxygen atoms in total. The van der Waals surface area contributed by atoms with E-state index in [4.69, 9.17) is 0 Å². The average molecular weight is 488 g/mol. The van der Waals surface area contributed by atoms with Gasteiger partial charge in [-0.3, -0.25) is 19.2 Å². The second-order valence-corrected chi connectivity index (χ2v) is 9.56. The number of phenols is 1. The lowest BCUT2D eigenvalue weighted by Crippen LogP contribution is -2.40. The van der Waals surface area contributed by atoms with E-state index in [9.17, 15) is 29.1 Å². The summed E-state index contributed by atoms with van der Waals surface area (Å²) in [5.74, 6) is -4.89. The van der Waals surface area contributed by atoms with E-state index in [2.05, 4.69) is 11.3 Å². The van der Waals surface area contributed by atoms with Gasteiger partial charge in [-0.05, 0) is 43.7 Å². The summed E-state index contributed by atoms with van der Waals surface area (Å²) in [5.41, 5.74) is 2.66. The smallest absolute Gasteiger partial charge is 0.423 e. The Morgan fingerprint density at radius 2 is 1.94 bits per heavy atom. The number of likely N-dealkylation sites (tertiary alicyclic amines) is 1. The highest BCUT2D eigenvalue weighted by Gasteiger charge is 2.58. The number of hydrogen-bond acceptors (Lipinski definition) is 7. The van der Waals surface area contributed by atoms with Crippen molar-refractivity contribution in [2.24, 2.45) is 17.8 Å². The summed E-state index contributed by atoms with van der Waals surface area (Å²) in [4.78, 5) is 65.6. The third-order valence-corrected chi connectivity index (χ3v) is 7.75. The predicted octanol–water partition coefficient (Wildman–Crippen LogP) is 3.32. The van der Waals surface area contributed by atoms with Gasteiger partial charge >= 0.3 is 6.09 Å². The molecule has 1 fully saturated rings. The third kappa shape index (κ3) is 3.24. The van der Waals surface area contributed by atoms with Crippen LogP contribution in [0.25, 0.3) is 0 Å². The van der Waals surface area contributed by atoms with Crippen molar-refractivity contribution in [1.82, 2.24) is 4.90 Å². The van der Waals surface area contributed by atoms with Crippen molar-refractivity contribution < 1.29 is 33.8 Å². The highest BCUT2D eigenvalue weighted by atomic mass is 16.5. The Hall–Kier alpha value is -4.07. The molecule has 0 unspecified atom stereocenters. The van der Waals surface area contributed by atoms with Crippen molar-refractivity contribution in [3.05, 3.63) is 76.4 Å². The van der Waals surface area contributed by atoms with Crippen molar-refractivity contribution >= 4 is 29.5 Å². The number of Topliss-reactive ketones (excluding diaryl/α,β-unsaturated/α-hetero) is 1. The van der Waals surface area contributed by atoms with Gasteiger partial charge in [0.1, 0.15) is 5.75 Å². The minimum Gasteiger partial charge on any atom is -0.507 e. The Kier molecular flexibility index (Phi) is 5.62. The highest BCUT2D eigenvalue weighted by Crippen LogP contribution is 2.56. The zero-order valence-corrected chi connectivity index (χ0v) is 19.9. The number of carbonyl (C=O) groups is 5. The second kappa shape index (κ2) is 8.55. The molecule has 36 heavy (non-hydrogen) atoms. The largest absolute Gasteiger partial charge is 0.507 e. The minimum atomic E-state index is -1.04. The van der Waals surface area contributed by atoms with Gasteiger partial charge in [0, 0.05) is 28.2 Å². The number of rotatable bonds is 3. The predicted molar refractivity (Wildman–Crippen MR) is 128 cm³/mol. The van der Waals surface area contributed by atoms with Gasteiger partial charge in [0.05, 0.1) is 18.9 Å². The van der Waals surface area contributed by atoms with Gasteiger partial charge < -0.3 is 9.84 Å². The number of carbonyl (C=O) groups excluding carboxylic acids is 5. The normalized spacial score (nSPS) is 27.2. The summed E-state index contributed by atoms with van der Waals surface area (Å²) in [6, 6.07) is 5.24. The highest BCUT2D eigenvalue weighted by molar-refractivity contribution is 6.24. The van der Waals surface area contributed by atoms with E-state index in [-0.39, 0.29) is 35.7 Å². The van der Waals surface area contributed by atoms with Crippen molar-refractivity contribution in [1.29, 1.82) is 0 Å². The van der Waals surface area contributed by atoms with Crippen LogP contribution in [0.15, 0.2) is 65.3 Å². The molecule has 1 aromatic carbocycles. The monoisotopic (exact) mass is 487 g/mol. The maximum absolute atomic E-state index is 13.4. The molecule has 1 heterocycles. The molecule has 3 aliphatic carbocycles. The van der Waals surface area contributed by atoms with E-state index >= 15 is 0 Å². The first kappa shape index (κ1) is 23.7. The van der Waals surface area contributed by atoms with Gasteiger partial charge in [-0.25, -0.2) is 4.79 Å². The Morgan fingerprint density at radius 3 is 2.64 bits per heavy atom. The van der Waals surface area contributed by atoms with Gasteiger partial charge in [0.2, 0.25) is 11.8 Å². The number of phenolic OH excluding ortho intramolecular Hbond substituents is 1. The minimum absolute atomic E-state index is 0.00427. The molecule has 3 amide bonds. The topological polar surface area (TPSA) is 118 Å². The number of aromatic hydroxyl groups is 1. The van der Waals surface area contributed by atoms with Crippen LogP contribution in [-0.4, -0.2) is 46.6 Å². The first-order chi connectivity index (χ1) is 17.2. The lowest BCUT2D eigenvalue weighted by atomic mass is 9.59. The lowest BCUT2D eigenvalue weighted by Gasteiger charge is -2.42. The van der Waals surface area contributed by atoms with Crippen LogP contribution in [0.2, 0.25) is 0 Å². The summed E-state index contributed by atoms with van der Waals surface area (Å²) < 4.78 is 4.66. The molecule has 1 aliphatic heterocycles. The maximum Gasteiger partial charge on any atom is 0.423 e. The maximum atomic E-state index is 13.4. The number of ether oxygens (including phenoxy) is 1. The fraction of sp³-hybridized carbons (Fsp3) is 0.321. The Bertz CT molecular complexity index is 1360. The number of para-hydroxylation sites is 1. The number of hydrogen-bond donors (Lipinski definition) is 1. The number of methoxy groups -OCH3 is 1. The molecule has 1 N–H and O–H groups in total. The zero-order valence-electron chi connectivity index (χ0n) is 19.9.